The molecule has 1 N–H and O–H groups in total. The maximum absolute atomic E-state index is 11.4. The number of hydrogen-bond donors (Lipinski definition) is 1. The van der Waals surface area contributed by atoms with E-state index in [4.69, 9.17) is 4.74 Å². The van der Waals surface area contributed by atoms with Gasteiger partial charge in [-0.15, -0.1) is 0 Å². The Morgan fingerprint density at radius 3 is 2.53 bits per heavy atom. The van der Waals surface area contributed by atoms with Gasteiger partial charge in [0.2, 0.25) is 0 Å². The van der Waals surface area contributed by atoms with Crippen molar-refractivity contribution in [3.05, 3.63) is 20.8 Å². The van der Waals surface area contributed by atoms with Crippen LogP contribution >= 0.6 is 22.6 Å². The molecule has 0 atom stereocenters. The predicted octanol–water partition coefficient (Wildman–Crippen LogP) is 2.10. The van der Waals surface area contributed by atoms with Crippen molar-refractivity contribution >= 4 is 28.6 Å². The third-order valence-electron chi connectivity index (χ3n) is 2.01. The molecule has 0 aliphatic carbocycles. The van der Waals surface area contributed by atoms with E-state index in [1.807, 2.05) is 22.6 Å². The Morgan fingerprint density at radius 1 is 1.47 bits per heavy atom. The first kappa shape index (κ1) is 12.1. The Morgan fingerprint density at radius 2 is 2.07 bits per heavy atom. The standard InChI is InChI=1S/C10H11IO4/c1-5-4-6(14-2)8(11)9(12)7(5)10(13)15-3/h4,12H,1-3H3. The Kier molecular flexibility index (Phi) is 3.78. The number of carbonyl (C=O) groups excluding carboxylic acids is 1. The highest BCUT2D eigenvalue weighted by molar-refractivity contribution is 14.1. The number of carbonyl (C=O) groups is 1. The van der Waals surface area contributed by atoms with Crippen LogP contribution in [0.5, 0.6) is 11.5 Å². The molecule has 0 heterocycles. The number of rotatable bonds is 2. The second-order valence-electron chi connectivity index (χ2n) is 2.92. The maximum Gasteiger partial charge on any atom is 0.341 e. The van der Waals surface area contributed by atoms with Crippen LogP contribution in [0.15, 0.2) is 6.07 Å². The number of halogens is 1. The van der Waals surface area contributed by atoms with Gasteiger partial charge >= 0.3 is 5.97 Å². The fourth-order valence-corrected chi connectivity index (χ4v) is 1.90. The first-order valence-corrected chi connectivity index (χ1v) is 5.25. The van der Waals surface area contributed by atoms with Gasteiger partial charge < -0.3 is 14.6 Å². The van der Waals surface area contributed by atoms with Gasteiger partial charge in [0.05, 0.1) is 17.8 Å². The van der Waals surface area contributed by atoms with Crippen molar-refractivity contribution in [3.63, 3.8) is 0 Å². The summed E-state index contributed by atoms with van der Waals surface area (Å²) in [7, 11) is 2.78. The summed E-state index contributed by atoms with van der Waals surface area (Å²) < 4.78 is 10.1. The first-order valence-electron chi connectivity index (χ1n) is 4.17. The highest BCUT2D eigenvalue weighted by Crippen LogP contribution is 2.35. The molecule has 0 saturated heterocycles. The van der Waals surface area contributed by atoms with E-state index < -0.39 is 5.97 Å². The van der Waals surface area contributed by atoms with Crippen LogP contribution in [0, 0.1) is 10.5 Å². The molecule has 0 radical (unpaired) electrons. The fraction of sp³-hybridized carbons (Fsp3) is 0.300. The van der Waals surface area contributed by atoms with Gasteiger partial charge in [-0.25, -0.2) is 4.79 Å². The topological polar surface area (TPSA) is 55.8 Å². The molecule has 0 unspecified atom stereocenters. The molecule has 1 aromatic rings. The summed E-state index contributed by atoms with van der Waals surface area (Å²) in [4.78, 5) is 11.4. The second-order valence-corrected chi connectivity index (χ2v) is 4.00. The number of phenols is 1. The third-order valence-corrected chi connectivity index (χ3v) is 3.05. The van der Waals surface area contributed by atoms with Crippen molar-refractivity contribution in [1.29, 1.82) is 0 Å². The number of aromatic hydroxyl groups is 1. The number of aryl methyl sites for hydroxylation is 1. The summed E-state index contributed by atoms with van der Waals surface area (Å²) in [5.41, 5.74) is 0.805. The molecule has 0 aliphatic rings. The zero-order chi connectivity index (χ0) is 11.6. The summed E-state index contributed by atoms with van der Waals surface area (Å²) in [6, 6.07) is 1.69. The normalized spacial score (nSPS) is 9.87. The van der Waals surface area contributed by atoms with Crippen molar-refractivity contribution in [2.45, 2.75) is 6.92 Å². The Bertz CT molecular complexity index is 401. The Labute approximate surface area is 101 Å². The lowest BCUT2D eigenvalue weighted by Crippen LogP contribution is -2.06. The molecular formula is C10H11IO4. The number of esters is 1. The zero-order valence-electron chi connectivity index (χ0n) is 8.63. The summed E-state index contributed by atoms with van der Waals surface area (Å²) in [6.45, 7) is 1.71. The van der Waals surface area contributed by atoms with E-state index in [1.165, 1.54) is 14.2 Å². The lowest BCUT2D eigenvalue weighted by atomic mass is 10.1. The van der Waals surface area contributed by atoms with Crippen LogP contribution in [0.25, 0.3) is 0 Å². The van der Waals surface area contributed by atoms with E-state index in [1.54, 1.807) is 13.0 Å². The van der Waals surface area contributed by atoms with Gasteiger partial charge in [-0.3, -0.25) is 0 Å². The third kappa shape index (κ3) is 2.17. The molecule has 0 saturated carbocycles. The van der Waals surface area contributed by atoms with Crippen molar-refractivity contribution in [3.8, 4) is 11.5 Å². The molecular weight excluding hydrogens is 311 g/mol. The van der Waals surface area contributed by atoms with Crippen LogP contribution in [0.2, 0.25) is 0 Å². The molecule has 1 rings (SSSR count). The minimum Gasteiger partial charge on any atom is -0.506 e. The molecule has 0 aromatic heterocycles. The van der Waals surface area contributed by atoms with E-state index in [9.17, 15) is 9.90 Å². The van der Waals surface area contributed by atoms with Crippen molar-refractivity contribution in [1.82, 2.24) is 0 Å². The fourth-order valence-electron chi connectivity index (χ4n) is 1.25. The average molecular weight is 322 g/mol. The molecule has 0 bridgehead atoms. The van der Waals surface area contributed by atoms with Gasteiger partial charge in [0, 0.05) is 0 Å². The quantitative estimate of drug-likeness (QED) is 0.669. The Balaban J connectivity index is 3.42. The van der Waals surface area contributed by atoms with Gasteiger partial charge in [-0.05, 0) is 41.1 Å². The van der Waals surface area contributed by atoms with Crippen LogP contribution < -0.4 is 4.74 Å². The SMILES string of the molecule is COC(=O)c1c(C)cc(OC)c(I)c1O. The van der Waals surface area contributed by atoms with Crippen molar-refractivity contribution in [2.75, 3.05) is 14.2 Å². The van der Waals surface area contributed by atoms with Crippen LogP contribution in [-0.2, 0) is 4.74 Å². The largest absolute Gasteiger partial charge is 0.506 e. The van der Waals surface area contributed by atoms with Gasteiger partial charge in [0.15, 0.2) is 0 Å². The average Bonchev–Trinajstić information content (AvgIpc) is 2.23. The molecule has 0 fully saturated rings. The lowest BCUT2D eigenvalue weighted by molar-refractivity contribution is 0.0596. The molecule has 15 heavy (non-hydrogen) atoms. The first-order chi connectivity index (χ1) is 7.02. The monoisotopic (exact) mass is 322 g/mol. The summed E-state index contributed by atoms with van der Waals surface area (Å²) in [5.74, 6) is -0.108. The van der Waals surface area contributed by atoms with Gasteiger partial charge in [-0.2, -0.15) is 0 Å². The minimum atomic E-state index is -0.550. The van der Waals surface area contributed by atoms with E-state index in [2.05, 4.69) is 4.74 Å². The molecule has 0 spiro atoms. The van der Waals surface area contributed by atoms with E-state index in [-0.39, 0.29) is 11.3 Å². The van der Waals surface area contributed by atoms with Crippen molar-refractivity contribution in [2.24, 2.45) is 0 Å². The number of ether oxygens (including phenoxy) is 2. The predicted molar refractivity (Wildman–Crippen MR) is 63.5 cm³/mol. The number of hydrogen-bond acceptors (Lipinski definition) is 4. The van der Waals surface area contributed by atoms with E-state index >= 15 is 0 Å². The number of benzene rings is 1. The summed E-state index contributed by atoms with van der Waals surface area (Å²) in [5, 5.41) is 9.80. The van der Waals surface area contributed by atoms with Gasteiger partial charge in [-0.1, -0.05) is 0 Å². The van der Waals surface area contributed by atoms with Gasteiger partial charge in [0.1, 0.15) is 17.1 Å². The van der Waals surface area contributed by atoms with Gasteiger partial charge in [0.25, 0.3) is 0 Å². The van der Waals surface area contributed by atoms with Crippen LogP contribution in [0.3, 0.4) is 0 Å². The molecule has 0 amide bonds. The van der Waals surface area contributed by atoms with Crippen LogP contribution in [-0.4, -0.2) is 25.3 Å². The van der Waals surface area contributed by atoms with Crippen LogP contribution in [0.1, 0.15) is 15.9 Å². The van der Waals surface area contributed by atoms with Crippen LogP contribution in [0.4, 0.5) is 0 Å². The molecule has 4 nitrogen and oxygen atoms in total. The minimum absolute atomic E-state index is 0.0979. The smallest absolute Gasteiger partial charge is 0.341 e. The second kappa shape index (κ2) is 4.69. The molecule has 1 aromatic carbocycles. The highest BCUT2D eigenvalue weighted by atomic mass is 127. The highest BCUT2D eigenvalue weighted by Gasteiger charge is 2.20. The Hall–Kier alpha value is -0.980. The molecule has 5 heteroatoms. The van der Waals surface area contributed by atoms with Crippen molar-refractivity contribution < 1.29 is 19.4 Å². The summed E-state index contributed by atoms with van der Waals surface area (Å²) >= 11 is 1.91. The van der Waals surface area contributed by atoms with E-state index in [0.29, 0.717) is 14.9 Å². The summed E-state index contributed by atoms with van der Waals surface area (Å²) in [6.07, 6.45) is 0. The lowest BCUT2D eigenvalue weighted by Gasteiger charge is -2.11. The maximum atomic E-state index is 11.4. The zero-order valence-corrected chi connectivity index (χ0v) is 10.8. The molecule has 0 aliphatic heterocycles. The molecule has 82 valence electrons. The number of methoxy groups -OCH3 is 2. The van der Waals surface area contributed by atoms with E-state index in [0.717, 1.165) is 0 Å². The number of phenolic OH excluding ortho intramolecular Hbond substituents is 1.